The van der Waals surface area contributed by atoms with Gasteiger partial charge in [0.15, 0.2) is 0 Å². The monoisotopic (exact) mass is 496 g/mol. The number of piperidine rings is 1. The summed E-state index contributed by atoms with van der Waals surface area (Å²) in [7, 11) is 1.64. The van der Waals surface area contributed by atoms with Crippen LogP contribution >= 0.6 is 0 Å². The van der Waals surface area contributed by atoms with Crippen LogP contribution in [0.1, 0.15) is 41.5 Å². The first kappa shape index (κ1) is 24.7. The molecular formula is C30H32N4O3. The summed E-state index contributed by atoms with van der Waals surface area (Å²) in [6, 6.07) is 26.0. The molecule has 0 saturated carbocycles. The average Bonchev–Trinajstić information content (AvgIpc) is 3.41. The summed E-state index contributed by atoms with van der Waals surface area (Å²) in [4.78, 5) is 20.1. The molecule has 1 saturated heterocycles. The molecule has 1 atom stereocenters. The minimum Gasteiger partial charge on any atom is -0.497 e. The van der Waals surface area contributed by atoms with E-state index in [1.54, 1.807) is 7.11 Å². The lowest BCUT2D eigenvalue weighted by atomic mass is 9.93. The van der Waals surface area contributed by atoms with E-state index >= 15 is 0 Å². The van der Waals surface area contributed by atoms with Gasteiger partial charge in [0, 0.05) is 11.5 Å². The highest BCUT2D eigenvalue weighted by Crippen LogP contribution is 2.26. The van der Waals surface area contributed by atoms with Crippen LogP contribution in [0.3, 0.4) is 0 Å². The van der Waals surface area contributed by atoms with Crippen molar-refractivity contribution in [1.29, 1.82) is 0 Å². The fourth-order valence-electron chi connectivity index (χ4n) is 4.74. The lowest BCUT2D eigenvalue weighted by molar-refractivity contribution is -0.127. The second kappa shape index (κ2) is 11.4. The quantitative estimate of drug-likeness (QED) is 0.362. The Morgan fingerprint density at radius 2 is 1.68 bits per heavy atom. The second-order valence-electron chi connectivity index (χ2n) is 9.55. The summed E-state index contributed by atoms with van der Waals surface area (Å²) in [5.41, 5.74) is 4.26. The van der Waals surface area contributed by atoms with Crippen LogP contribution in [0.4, 0.5) is 0 Å². The van der Waals surface area contributed by atoms with E-state index in [-0.39, 0.29) is 17.9 Å². The summed E-state index contributed by atoms with van der Waals surface area (Å²) >= 11 is 0. The van der Waals surface area contributed by atoms with Crippen LogP contribution in [0.15, 0.2) is 83.4 Å². The van der Waals surface area contributed by atoms with E-state index in [1.807, 2.05) is 42.5 Å². The van der Waals surface area contributed by atoms with Gasteiger partial charge in [-0.25, -0.2) is 0 Å². The van der Waals surface area contributed by atoms with Gasteiger partial charge in [0.2, 0.25) is 17.6 Å². The number of likely N-dealkylation sites (tertiary alicyclic amines) is 1. The molecule has 5 rings (SSSR count). The highest BCUT2D eigenvalue weighted by molar-refractivity contribution is 5.79. The van der Waals surface area contributed by atoms with Crippen molar-refractivity contribution in [3.8, 4) is 17.1 Å². The van der Waals surface area contributed by atoms with Crippen LogP contribution < -0.4 is 10.1 Å². The number of nitrogens with one attached hydrogen (secondary N) is 1. The van der Waals surface area contributed by atoms with Crippen LogP contribution in [0.2, 0.25) is 0 Å². The smallest absolute Gasteiger partial charge is 0.241 e. The maximum Gasteiger partial charge on any atom is 0.241 e. The topological polar surface area (TPSA) is 80.5 Å². The van der Waals surface area contributed by atoms with E-state index < -0.39 is 0 Å². The third kappa shape index (κ3) is 6.06. The van der Waals surface area contributed by atoms with Crippen molar-refractivity contribution in [1.82, 2.24) is 20.4 Å². The van der Waals surface area contributed by atoms with Gasteiger partial charge < -0.3 is 14.6 Å². The predicted molar refractivity (Wildman–Crippen MR) is 142 cm³/mol. The van der Waals surface area contributed by atoms with Crippen LogP contribution in [0.5, 0.6) is 5.75 Å². The second-order valence-corrected chi connectivity index (χ2v) is 9.55. The first-order valence-corrected chi connectivity index (χ1v) is 12.7. The average molecular weight is 497 g/mol. The highest BCUT2D eigenvalue weighted by atomic mass is 16.5. The normalized spacial score (nSPS) is 15.3. The fraction of sp³-hybridized carbons (Fsp3) is 0.300. The van der Waals surface area contributed by atoms with Crippen molar-refractivity contribution in [2.75, 3.05) is 20.2 Å². The Kier molecular flexibility index (Phi) is 7.61. The summed E-state index contributed by atoms with van der Waals surface area (Å²) < 4.78 is 10.7. The van der Waals surface area contributed by atoms with Gasteiger partial charge in [-0.3, -0.25) is 9.69 Å². The Hall–Kier alpha value is -3.97. The van der Waals surface area contributed by atoms with Crippen molar-refractivity contribution in [3.63, 3.8) is 0 Å². The van der Waals surface area contributed by atoms with E-state index in [0.29, 0.717) is 18.3 Å². The molecule has 37 heavy (non-hydrogen) atoms. The number of benzene rings is 3. The molecule has 0 aliphatic carbocycles. The first-order valence-electron chi connectivity index (χ1n) is 12.7. The molecule has 7 heteroatoms. The first-order chi connectivity index (χ1) is 18.1. The zero-order chi connectivity index (χ0) is 25.6. The highest BCUT2D eigenvalue weighted by Gasteiger charge is 2.28. The number of carbonyl (C=O) groups excluding carboxylic acids is 1. The van der Waals surface area contributed by atoms with Gasteiger partial charge >= 0.3 is 0 Å². The van der Waals surface area contributed by atoms with Gasteiger partial charge in [-0.1, -0.05) is 65.3 Å². The number of aryl methyl sites for hydroxylation is 1. The molecule has 0 radical (unpaired) electrons. The molecule has 0 spiro atoms. The molecule has 3 aromatic carbocycles. The molecule has 190 valence electrons. The van der Waals surface area contributed by atoms with Crippen molar-refractivity contribution >= 4 is 5.91 Å². The lowest BCUT2D eigenvalue weighted by Crippen LogP contribution is -2.41. The maximum absolute atomic E-state index is 13.3. The Bertz CT molecular complexity index is 1290. The van der Waals surface area contributed by atoms with Crippen molar-refractivity contribution in [2.45, 2.75) is 32.4 Å². The van der Waals surface area contributed by atoms with Crippen LogP contribution in [0, 0.1) is 12.8 Å². The Balaban J connectivity index is 1.18. The van der Waals surface area contributed by atoms with Crippen LogP contribution in [-0.2, 0) is 11.3 Å². The number of rotatable bonds is 8. The Labute approximate surface area is 217 Å². The molecule has 1 unspecified atom stereocenters. The number of aromatic nitrogens is 2. The molecule has 1 amide bonds. The predicted octanol–water partition coefficient (Wildman–Crippen LogP) is 5.17. The van der Waals surface area contributed by atoms with Crippen molar-refractivity contribution < 1.29 is 14.1 Å². The molecule has 4 aromatic rings. The van der Waals surface area contributed by atoms with E-state index in [2.05, 4.69) is 63.7 Å². The number of amides is 1. The standard InChI is InChI=1S/C30H32N4O3/c1-21-8-10-23(11-9-21)28(22-6-4-3-5-7-22)32-30(35)25-16-18-34(19-17-25)20-27-31-29(33-37-27)24-12-14-26(36-2)15-13-24/h3-15,25,28H,16-20H2,1-2H3,(H,32,35). The van der Waals surface area contributed by atoms with Crippen LogP contribution in [0.25, 0.3) is 11.4 Å². The number of ether oxygens (including phenoxy) is 1. The van der Waals surface area contributed by atoms with Gasteiger partial charge in [-0.15, -0.1) is 0 Å². The minimum atomic E-state index is -0.165. The van der Waals surface area contributed by atoms with E-state index in [0.717, 1.165) is 48.4 Å². The van der Waals surface area contributed by atoms with Gasteiger partial charge in [-0.2, -0.15) is 4.98 Å². The Morgan fingerprint density at radius 1 is 1.00 bits per heavy atom. The number of hydrogen-bond acceptors (Lipinski definition) is 6. The molecule has 1 aliphatic heterocycles. The van der Waals surface area contributed by atoms with E-state index in [1.165, 1.54) is 5.56 Å². The zero-order valence-corrected chi connectivity index (χ0v) is 21.3. The van der Waals surface area contributed by atoms with E-state index in [4.69, 9.17) is 9.26 Å². The SMILES string of the molecule is COc1ccc(-c2noc(CN3CCC(C(=O)NC(c4ccccc4)c4ccc(C)cc4)CC3)n2)cc1. The van der Waals surface area contributed by atoms with Crippen molar-refractivity contribution in [3.05, 3.63) is 101 Å². The molecule has 1 N–H and O–H groups in total. The number of nitrogens with zero attached hydrogens (tertiary/aromatic N) is 3. The molecule has 7 nitrogen and oxygen atoms in total. The lowest BCUT2D eigenvalue weighted by Gasteiger charge is -2.31. The number of methoxy groups -OCH3 is 1. The molecule has 2 heterocycles. The van der Waals surface area contributed by atoms with Gasteiger partial charge in [0.25, 0.3) is 0 Å². The van der Waals surface area contributed by atoms with Gasteiger partial charge in [0.05, 0.1) is 19.7 Å². The molecule has 0 bridgehead atoms. The maximum atomic E-state index is 13.3. The molecule has 1 fully saturated rings. The summed E-state index contributed by atoms with van der Waals surface area (Å²) in [5.74, 6) is 2.01. The molecule has 1 aliphatic rings. The third-order valence-corrected chi connectivity index (χ3v) is 6.96. The van der Waals surface area contributed by atoms with E-state index in [9.17, 15) is 4.79 Å². The molecular weight excluding hydrogens is 464 g/mol. The van der Waals surface area contributed by atoms with Crippen molar-refractivity contribution in [2.24, 2.45) is 5.92 Å². The summed E-state index contributed by atoms with van der Waals surface area (Å²) in [5, 5.41) is 7.45. The summed E-state index contributed by atoms with van der Waals surface area (Å²) in [6.07, 6.45) is 1.58. The van der Waals surface area contributed by atoms with Crippen LogP contribution in [-0.4, -0.2) is 41.1 Å². The largest absolute Gasteiger partial charge is 0.497 e. The zero-order valence-electron chi connectivity index (χ0n) is 21.3. The van der Waals surface area contributed by atoms with Gasteiger partial charge in [-0.05, 0) is 68.2 Å². The fourth-order valence-corrected chi connectivity index (χ4v) is 4.74. The third-order valence-electron chi connectivity index (χ3n) is 6.96. The number of hydrogen-bond donors (Lipinski definition) is 1. The Morgan fingerprint density at radius 3 is 2.35 bits per heavy atom. The number of carbonyl (C=O) groups is 1. The molecule has 1 aromatic heterocycles. The minimum absolute atomic E-state index is 0.0227. The van der Waals surface area contributed by atoms with Gasteiger partial charge in [0.1, 0.15) is 5.75 Å². The summed E-state index contributed by atoms with van der Waals surface area (Å²) in [6.45, 7) is 4.26.